The third kappa shape index (κ3) is 2.46. The molecule has 0 radical (unpaired) electrons. The normalized spacial score (nSPS) is 10.5. The molecule has 1 heterocycles. The predicted octanol–water partition coefficient (Wildman–Crippen LogP) is 2.25. The zero-order valence-corrected chi connectivity index (χ0v) is 10.2. The standard InChI is InChI=1S/C11H9ClN2O2S/c12-7-3-1-6(2-4-7)9-8(5-15)13-11(17)14-10(9)16/h1-4,15H,5H2,(H2,13,14,16,17). The zero-order chi connectivity index (χ0) is 12.4. The van der Waals surface area contributed by atoms with Gasteiger partial charge in [0.2, 0.25) is 0 Å². The highest BCUT2D eigenvalue weighted by atomic mass is 35.5. The van der Waals surface area contributed by atoms with Gasteiger partial charge in [-0.3, -0.25) is 9.78 Å². The van der Waals surface area contributed by atoms with E-state index in [1.165, 1.54) is 0 Å². The SMILES string of the molecule is O=c1[nH]c(=S)[nH]c(CO)c1-c1ccc(Cl)cc1. The van der Waals surface area contributed by atoms with Crippen LogP contribution in [-0.4, -0.2) is 15.1 Å². The number of H-pyrrole nitrogens is 2. The third-order valence-electron chi connectivity index (χ3n) is 2.31. The Bertz CT molecular complexity index is 646. The number of hydrogen-bond acceptors (Lipinski definition) is 3. The van der Waals surface area contributed by atoms with Crippen molar-refractivity contribution < 1.29 is 5.11 Å². The molecule has 2 rings (SSSR count). The second-order valence-electron chi connectivity index (χ2n) is 3.43. The highest BCUT2D eigenvalue weighted by Crippen LogP contribution is 2.20. The molecule has 6 heteroatoms. The minimum Gasteiger partial charge on any atom is -0.390 e. The van der Waals surface area contributed by atoms with E-state index in [4.69, 9.17) is 23.8 Å². The number of halogens is 1. The quantitative estimate of drug-likeness (QED) is 0.732. The lowest BCUT2D eigenvalue weighted by atomic mass is 10.1. The zero-order valence-electron chi connectivity index (χ0n) is 8.66. The van der Waals surface area contributed by atoms with Crippen LogP contribution in [0.15, 0.2) is 29.1 Å². The van der Waals surface area contributed by atoms with Crippen LogP contribution in [0, 0.1) is 4.77 Å². The lowest BCUT2D eigenvalue weighted by Crippen LogP contribution is -2.14. The molecule has 0 spiro atoms. The maximum atomic E-state index is 11.8. The smallest absolute Gasteiger partial charge is 0.259 e. The van der Waals surface area contributed by atoms with E-state index in [1.807, 2.05) is 0 Å². The molecular weight excluding hydrogens is 260 g/mol. The maximum Gasteiger partial charge on any atom is 0.259 e. The fourth-order valence-corrected chi connectivity index (χ4v) is 1.92. The first-order valence-electron chi connectivity index (χ1n) is 4.84. The first-order valence-corrected chi connectivity index (χ1v) is 5.62. The first kappa shape index (κ1) is 12.0. The van der Waals surface area contributed by atoms with Crippen molar-refractivity contribution in [1.82, 2.24) is 9.97 Å². The maximum absolute atomic E-state index is 11.8. The number of aliphatic hydroxyl groups is 1. The number of aromatic amines is 2. The van der Waals surface area contributed by atoms with Gasteiger partial charge in [-0.05, 0) is 29.9 Å². The molecule has 0 atom stereocenters. The molecule has 1 aromatic heterocycles. The number of aromatic nitrogens is 2. The van der Waals surface area contributed by atoms with E-state index in [0.29, 0.717) is 21.8 Å². The second-order valence-corrected chi connectivity index (χ2v) is 4.27. The molecule has 2 aromatic rings. The van der Waals surface area contributed by atoms with E-state index < -0.39 is 0 Å². The lowest BCUT2D eigenvalue weighted by Gasteiger charge is -2.06. The van der Waals surface area contributed by atoms with E-state index in [1.54, 1.807) is 24.3 Å². The largest absolute Gasteiger partial charge is 0.390 e. The molecule has 4 nitrogen and oxygen atoms in total. The van der Waals surface area contributed by atoms with Crippen LogP contribution in [-0.2, 0) is 6.61 Å². The summed E-state index contributed by atoms with van der Waals surface area (Å²) in [5.41, 5.74) is 1.10. The van der Waals surface area contributed by atoms with Crippen molar-refractivity contribution in [3.8, 4) is 11.1 Å². The minimum absolute atomic E-state index is 0.191. The Balaban J connectivity index is 2.70. The molecule has 0 saturated heterocycles. The van der Waals surface area contributed by atoms with E-state index >= 15 is 0 Å². The monoisotopic (exact) mass is 268 g/mol. The van der Waals surface area contributed by atoms with E-state index in [9.17, 15) is 9.90 Å². The van der Waals surface area contributed by atoms with Crippen LogP contribution in [0.3, 0.4) is 0 Å². The third-order valence-corrected chi connectivity index (χ3v) is 2.77. The van der Waals surface area contributed by atoms with Gasteiger partial charge in [-0.2, -0.15) is 0 Å². The van der Waals surface area contributed by atoms with Crippen molar-refractivity contribution in [3.63, 3.8) is 0 Å². The molecule has 17 heavy (non-hydrogen) atoms. The highest BCUT2D eigenvalue weighted by molar-refractivity contribution is 7.71. The van der Waals surface area contributed by atoms with Crippen molar-refractivity contribution in [3.05, 3.63) is 50.1 Å². The molecule has 0 bridgehead atoms. The summed E-state index contributed by atoms with van der Waals surface area (Å²) in [6.45, 7) is -0.286. The second kappa shape index (κ2) is 4.83. The van der Waals surface area contributed by atoms with Crippen molar-refractivity contribution >= 4 is 23.8 Å². The Kier molecular flexibility index (Phi) is 3.42. The highest BCUT2D eigenvalue weighted by Gasteiger charge is 2.09. The Hall–Kier alpha value is -1.43. The predicted molar refractivity (Wildman–Crippen MR) is 68.6 cm³/mol. The van der Waals surface area contributed by atoms with E-state index in [0.717, 1.165) is 0 Å². The van der Waals surface area contributed by atoms with Crippen LogP contribution in [0.1, 0.15) is 5.69 Å². The Morgan fingerprint density at radius 2 is 1.88 bits per heavy atom. The van der Waals surface area contributed by atoms with E-state index in [2.05, 4.69) is 9.97 Å². The molecule has 0 aliphatic heterocycles. The van der Waals surface area contributed by atoms with Crippen LogP contribution in [0.4, 0.5) is 0 Å². The fraction of sp³-hybridized carbons (Fsp3) is 0.0909. The molecule has 0 saturated carbocycles. The van der Waals surface area contributed by atoms with Crippen LogP contribution < -0.4 is 5.56 Å². The summed E-state index contributed by atoms with van der Waals surface area (Å²) in [5.74, 6) is 0. The summed E-state index contributed by atoms with van der Waals surface area (Å²) >= 11 is 10.6. The van der Waals surface area contributed by atoms with Gasteiger partial charge in [-0.15, -0.1) is 0 Å². The van der Waals surface area contributed by atoms with E-state index in [-0.39, 0.29) is 16.9 Å². The van der Waals surface area contributed by atoms with Crippen LogP contribution in [0.5, 0.6) is 0 Å². The molecule has 0 aliphatic rings. The van der Waals surface area contributed by atoms with Gasteiger partial charge in [0.1, 0.15) is 0 Å². The average molecular weight is 269 g/mol. The molecular formula is C11H9ClN2O2S. The van der Waals surface area contributed by atoms with Crippen LogP contribution >= 0.6 is 23.8 Å². The molecule has 0 fully saturated rings. The Morgan fingerprint density at radius 1 is 1.24 bits per heavy atom. The summed E-state index contributed by atoms with van der Waals surface area (Å²) in [5, 5.41) is 9.81. The van der Waals surface area contributed by atoms with Crippen molar-refractivity contribution in [2.75, 3.05) is 0 Å². The van der Waals surface area contributed by atoms with Gasteiger partial charge in [0.05, 0.1) is 17.9 Å². The summed E-state index contributed by atoms with van der Waals surface area (Å²) < 4.78 is 0.191. The Morgan fingerprint density at radius 3 is 2.47 bits per heavy atom. The van der Waals surface area contributed by atoms with Crippen molar-refractivity contribution in [2.24, 2.45) is 0 Å². The molecule has 0 aliphatic carbocycles. The molecule has 88 valence electrons. The van der Waals surface area contributed by atoms with Gasteiger partial charge in [-0.1, -0.05) is 23.7 Å². The number of nitrogens with one attached hydrogen (secondary N) is 2. The number of aliphatic hydroxyl groups excluding tert-OH is 1. The molecule has 1 aromatic carbocycles. The summed E-state index contributed by atoms with van der Waals surface area (Å²) in [6, 6.07) is 6.78. The first-order chi connectivity index (χ1) is 8.11. The van der Waals surface area contributed by atoms with Gasteiger partial charge in [0.15, 0.2) is 4.77 Å². The number of hydrogen-bond donors (Lipinski definition) is 3. The van der Waals surface area contributed by atoms with Gasteiger partial charge in [0, 0.05) is 5.02 Å². The minimum atomic E-state index is -0.333. The van der Waals surface area contributed by atoms with Gasteiger partial charge in [0.25, 0.3) is 5.56 Å². The van der Waals surface area contributed by atoms with Crippen molar-refractivity contribution in [1.29, 1.82) is 0 Å². The average Bonchev–Trinajstić information content (AvgIpc) is 2.30. The molecule has 0 unspecified atom stereocenters. The lowest BCUT2D eigenvalue weighted by molar-refractivity contribution is 0.277. The molecule has 3 N–H and O–H groups in total. The van der Waals surface area contributed by atoms with Gasteiger partial charge >= 0.3 is 0 Å². The van der Waals surface area contributed by atoms with Crippen molar-refractivity contribution in [2.45, 2.75) is 6.61 Å². The Labute approximate surface area is 107 Å². The fourth-order valence-electron chi connectivity index (χ4n) is 1.57. The van der Waals surface area contributed by atoms with Gasteiger partial charge in [-0.25, -0.2) is 0 Å². The summed E-state index contributed by atoms with van der Waals surface area (Å²) in [6.07, 6.45) is 0. The number of rotatable bonds is 2. The number of benzene rings is 1. The van der Waals surface area contributed by atoms with Crippen LogP contribution in [0.25, 0.3) is 11.1 Å². The summed E-state index contributed by atoms with van der Waals surface area (Å²) in [7, 11) is 0. The van der Waals surface area contributed by atoms with Crippen LogP contribution in [0.2, 0.25) is 5.02 Å². The molecule has 0 amide bonds. The summed E-state index contributed by atoms with van der Waals surface area (Å²) in [4.78, 5) is 17.1. The topological polar surface area (TPSA) is 68.9 Å². The van der Waals surface area contributed by atoms with Gasteiger partial charge < -0.3 is 10.1 Å².